The molecule has 0 saturated carbocycles. The molecule has 0 spiro atoms. The first-order valence-corrected chi connectivity index (χ1v) is 25.9. The van der Waals surface area contributed by atoms with Gasteiger partial charge in [-0.3, -0.25) is 0 Å². The first-order chi connectivity index (χ1) is 35.5. The summed E-state index contributed by atoms with van der Waals surface area (Å²) in [5, 5.41) is 0. The van der Waals surface area contributed by atoms with Crippen LogP contribution in [0.25, 0.3) is 0 Å². The van der Waals surface area contributed by atoms with Crippen molar-refractivity contribution in [2.45, 2.75) is 120 Å². The van der Waals surface area contributed by atoms with E-state index in [2.05, 4.69) is 41.5 Å². The SMILES string of the molecule is CCc1c(COc2ccccc2)c(CC)c(COc2ccccc2)c(CC)c1COc1ccccc1.CCc1c(COc2ccccc2)c(CC)c(COc2ccccc2)c(CC)c1COc1ccccc1. The van der Waals surface area contributed by atoms with E-state index in [1.807, 2.05) is 182 Å². The van der Waals surface area contributed by atoms with Gasteiger partial charge in [-0.05, 0) is 178 Å². The Morgan fingerprint density at radius 2 is 0.306 bits per heavy atom. The number of rotatable bonds is 24. The summed E-state index contributed by atoms with van der Waals surface area (Å²) in [5.74, 6) is 5.28. The number of hydrogen-bond acceptors (Lipinski definition) is 6. The number of ether oxygens (including phenoxy) is 6. The van der Waals surface area contributed by atoms with Gasteiger partial charge in [-0.15, -0.1) is 0 Å². The molecule has 0 amide bonds. The lowest BCUT2D eigenvalue weighted by atomic mass is 9.84. The second-order valence-electron chi connectivity index (χ2n) is 17.5. The van der Waals surface area contributed by atoms with Gasteiger partial charge in [0.05, 0.1) is 0 Å². The van der Waals surface area contributed by atoms with Gasteiger partial charge in [0.15, 0.2) is 0 Å². The van der Waals surface area contributed by atoms with E-state index in [0.29, 0.717) is 39.6 Å². The van der Waals surface area contributed by atoms with Crippen LogP contribution in [0.15, 0.2) is 182 Å². The van der Waals surface area contributed by atoms with Crippen molar-refractivity contribution in [1.82, 2.24) is 0 Å². The third-order valence-electron chi connectivity index (χ3n) is 13.3. The molecule has 0 aromatic heterocycles. The summed E-state index contributed by atoms with van der Waals surface area (Å²) in [7, 11) is 0. The molecule has 0 fully saturated rings. The Balaban J connectivity index is 0.000000211. The highest BCUT2D eigenvalue weighted by molar-refractivity contribution is 5.54. The van der Waals surface area contributed by atoms with Gasteiger partial charge in [-0.1, -0.05) is 151 Å². The molecule has 0 saturated heterocycles. The largest absolute Gasteiger partial charge is 0.489 e. The van der Waals surface area contributed by atoms with Crippen LogP contribution in [0.2, 0.25) is 0 Å². The minimum atomic E-state index is 0.525. The number of benzene rings is 8. The van der Waals surface area contributed by atoms with E-state index in [4.69, 9.17) is 28.4 Å². The normalized spacial score (nSPS) is 10.8. The molecular formula is C66H72O6. The van der Waals surface area contributed by atoms with Crippen LogP contribution in [0.3, 0.4) is 0 Å². The predicted molar refractivity (Wildman–Crippen MR) is 294 cm³/mol. The Morgan fingerprint density at radius 1 is 0.181 bits per heavy atom. The molecule has 8 rings (SSSR count). The molecule has 0 aliphatic rings. The molecule has 0 unspecified atom stereocenters. The van der Waals surface area contributed by atoms with E-state index < -0.39 is 0 Å². The van der Waals surface area contributed by atoms with E-state index in [9.17, 15) is 0 Å². The van der Waals surface area contributed by atoms with Gasteiger partial charge in [0.2, 0.25) is 0 Å². The summed E-state index contributed by atoms with van der Waals surface area (Å²) in [6, 6.07) is 60.3. The van der Waals surface area contributed by atoms with Crippen molar-refractivity contribution < 1.29 is 28.4 Å². The van der Waals surface area contributed by atoms with Crippen LogP contribution in [0, 0.1) is 0 Å². The van der Waals surface area contributed by atoms with Crippen LogP contribution >= 0.6 is 0 Å². The standard InChI is InChI=1S/2C33H36O3/c2*1-4-28-31(22-34-25-16-10-7-11-17-25)29(5-2)33(24-36-27-20-14-9-15-21-27)30(6-3)32(28)23-35-26-18-12-8-13-19-26/h2*7-21H,4-6,22-24H2,1-3H3. The second-order valence-corrected chi connectivity index (χ2v) is 17.5. The lowest BCUT2D eigenvalue weighted by Gasteiger charge is -2.26. The topological polar surface area (TPSA) is 55.4 Å². The Kier molecular flexibility index (Phi) is 20.2. The molecule has 6 heteroatoms. The van der Waals surface area contributed by atoms with Gasteiger partial charge in [0.1, 0.15) is 74.1 Å². The summed E-state index contributed by atoms with van der Waals surface area (Å²) < 4.78 is 37.8. The van der Waals surface area contributed by atoms with Crippen LogP contribution < -0.4 is 28.4 Å². The minimum Gasteiger partial charge on any atom is -0.489 e. The Bertz CT molecular complexity index is 2280. The maximum atomic E-state index is 6.30. The van der Waals surface area contributed by atoms with Crippen molar-refractivity contribution >= 4 is 0 Å². The summed E-state index contributed by atoms with van der Waals surface area (Å²) in [6.45, 7) is 16.5. The number of para-hydroxylation sites is 6. The first kappa shape index (κ1) is 52.4. The summed E-state index contributed by atoms with van der Waals surface area (Å²) >= 11 is 0. The molecule has 0 N–H and O–H groups in total. The summed E-state index contributed by atoms with van der Waals surface area (Å²) in [5.41, 5.74) is 15.6. The zero-order valence-electron chi connectivity index (χ0n) is 43.3. The van der Waals surface area contributed by atoms with Crippen LogP contribution in [-0.2, 0) is 78.2 Å². The van der Waals surface area contributed by atoms with E-state index in [-0.39, 0.29) is 0 Å². The highest BCUT2D eigenvalue weighted by Gasteiger charge is 2.25. The summed E-state index contributed by atoms with van der Waals surface area (Å²) in [6.07, 6.45) is 5.50. The maximum absolute atomic E-state index is 6.30. The molecule has 0 bridgehead atoms. The van der Waals surface area contributed by atoms with E-state index in [1.54, 1.807) is 0 Å². The van der Waals surface area contributed by atoms with Crippen molar-refractivity contribution in [2.24, 2.45) is 0 Å². The molecule has 0 atom stereocenters. The fourth-order valence-electron chi connectivity index (χ4n) is 9.83. The fourth-order valence-corrected chi connectivity index (χ4v) is 9.83. The van der Waals surface area contributed by atoms with Crippen LogP contribution in [-0.4, -0.2) is 0 Å². The minimum absolute atomic E-state index is 0.525. The Hall–Kier alpha value is -7.44. The zero-order valence-corrected chi connectivity index (χ0v) is 43.3. The summed E-state index contributed by atoms with van der Waals surface area (Å²) in [4.78, 5) is 0. The third kappa shape index (κ3) is 13.9. The molecule has 0 aliphatic carbocycles. The second kappa shape index (κ2) is 27.8. The van der Waals surface area contributed by atoms with Gasteiger partial charge in [0.25, 0.3) is 0 Å². The average Bonchev–Trinajstić information content (AvgIpc) is 3.44. The Morgan fingerprint density at radius 3 is 0.417 bits per heavy atom. The van der Waals surface area contributed by atoms with Crippen molar-refractivity contribution in [2.75, 3.05) is 0 Å². The smallest absolute Gasteiger partial charge is 0.119 e. The lowest BCUT2D eigenvalue weighted by molar-refractivity contribution is 0.288. The van der Waals surface area contributed by atoms with Crippen molar-refractivity contribution in [3.8, 4) is 34.5 Å². The molecule has 6 nitrogen and oxygen atoms in total. The van der Waals surface area contributed by atoms with Gasteiger partial charge in [-0.2, -0.15) is 0 Å². The molecule has 0 heterocycles. The Labute approximate surface area is 429 Å². The van der Waals surface area contributed by atoms with Crippen molar-refractivity contribution in [3.05, 3.63) is 249 Å². The zero-order chi connectivity index (χ0) is 50.3. The maximum Gasteiger partial charge on any atom is 0.119 e. The van der Waals surface area contributed by atoms with E-state index in [1.165, 1.54) is 66.8 Å². The van der Waals surface area contributed by atoms with Gasteiger partial charge >= 0.3 is 0 Å². The molecule has 0 radical (unpaired) electrons. The molecular weight excluding hydrogens is 889 g/mol. The van der Waals surface area contributed by atoms with E-state index >= 15 is 0 Å². The highest BCUT2D eigenvalue weighted by Crippen LogP contribution is 2.35. The lowest BCUT2D eigenvalue weighted by Crippen LogP contribution is -2.17. The van der Waals surface area contributed by atoms with E-state index in [0.717, 1.165) is 73.0 Å². The van der Waals surface area contributed by atoms with Gasteiger partial charge in [0, 0.05) is 0 Å². The van der Waals surface area contributed by atoms with Crippen LogP contribution in [0.5, 0.6) is 34.5 Å². The molecule has 72 heavy (non-hydrogen) atoms. The van der Waals surface area contributed by atoms with Crippen molar-refractivity contribution in [3.63, 3.8) is 0 Å². The fraction of sp³-hybridized carbons (Fsp3) is 0.273. The number of hydrogen-bond donors (Lipinski definition) is 0. The van der Waals surface area contributed by atoms with Crippen LogP contribution in [0.4, 0.5) is 0 Å². The van der Waals surface area contributed by atoms with Gasteiger partial charge < -0.3 is 28.4 Å². The van der Waals surface area contributed by atoms with Gasteiger partial charge in [-0.25, -0.2) is 0 Å². The predicted octanol–water partition coefficient (Wildman–Crippen LogP) is 16.2. The monoisotopic (exact) mass is 961 g/mol. The molecule has 372 valence electrons. The molecule has 8 aromatic carbocycles. The van der Waals surface area contributed by atoms with Crippen LogP contribution in [0.1, 0.15) is 108 Å². The first-order valence-electron chi connectivity index (χ1n) is 25.9. The average molecular weight is 961 g/mol. The third-order valence-corrected chi connectivity index (χ3v) is 13.3. The molecule has 0 aliphatic heterocycles. The molecule has 8 aromatic rings. The quantitative estimate of drug-likeness (QED) is 0.0601. The highest BCUT2D eigenvalue weighted by atomic mass is 16.5. The van der Waals surface area contributed by atoms with Crippen molar-refractivity contribution in [1.29, 1.82) is 0 Å².